The van der Waals surface area contributed by atoms with E-state index in [0.29, 0.717) is 41.8 Å². The van der Waals surface area contributed by atoms with Crippen LogP contribution in [0.5, 0.6) is 0 Å². The summed E-state index contributed by atoms with van der Waals surface area (Å²) in [6.07, 6.45) is 12.0. The maximum atomic E-state index is 12.1. The molecule has 6 atom stereocenters. The molecular formula is C27H42O3. The molecule has 0 spiro atoms. The Morgan fingerprint density at radius 3 is 2.57 bits per heavy atom. The number of fused-ring (bicyclic) bond motifs is 1. The van der Waals surface area contributed by atoms with Gasteiger partial charge in [-0.2, -0.15) is 0 Å². The second-order valence-electron chi connectivity index (χ2n) is 10.8. The third-order valence-corrected chi connectivity index (χ3v) is 8.50. The van der Waals surface area contributed by atoms with Crippen molar-refractivity contribution >= 4 is 5.78 Å². The van der Waals surface area contributed by atoms with Crippen molar-refractivity contribution in [2.75, 3.05) is 0 Å². The molecule has 3 fully saturated rings. The van der Waals surface area contributed by atoms with Crippen molar-refractivity contribution in [1.82, 2.24) is 0 Å². The molecule has 2 N–H and O–H groups in total. The first-order valence-corrected chi connectivity index (χ1v) is 12.1. The zero-order chi connectivity index (χ0) is 22.1. The average Bonchev–Trinajstić information content (AvgIpc) is 3.05. The maximum Gasteiger partial charge on any atom is 0.135 e. The molecule has 0 aromatic carbocycles. The molecule has 0 saturated heterocycles. The molecule has 3 saturated carbocycles. The van der Waals surface area contributed by atoms with Gasteiger partial charge in [-0.15, -0.1) is 0 Å². The number of hydrogen-bond acceptors (Lipinski definition) is 3. The number of Topliss-reactive ketones (excluding diaryl/α,β-unsaturated/α-hetero) is 1. The minimum absolute atomic E-state index is 0.149. The number of rotatable bonds is 6. The Bertz CT molecular complexity index is 716. The molecule has 168 valence electrons. The summed E-state index contributed by atoms with van der Waals surface area (Å²) in [6.45, 7) is 13.0. The van der Waals surface area contributed by atoms with Crippen LogP contribution in [-0.4, -0.2) is 28.2 Å². The van der Waals surface area contributed by atoms with Crippen LogP contribution in [0.4, 0.5) is 0 Å². The van der Waals surface area contributed by atoms with Crippen molar-refractivity contribution in [2.45, 2.75) is 97.7 Å². The van der Waals surface area contributed by atoms with E-state index in [9.17, 15) is 15.0 Å². The molecule has 3 heteroatoms. The van der Waals surface area contributed by atoms with Crippen LogP contribution >= 0.6 is 0 Å². The van der Waals surface area contributed by atoms with Crippen molar-refractivity contribution in [1.29, 1.82) is 0 Å². The number of ketones is 1. The Morgan fingerprint density at radius 2 is 1.87 bits per heavy atom. The first-order valence-electron chi connectivity index (χ1n) is 12.1. The van der Waals surface area contributed by atoms with Crippen molar-refractivity contribution in [3.05, 3.63) is 35.5 Å². The van der Waals surface area contributed by atoms with E-state index >= 15 is 0 Å². The fourth-order valence-electron chi connectivity index (χ4n) is 6.49. The first-order chi connectivity index (χ1) is 14.1. The largest absolute Gasteiger partial charge is 0.390 e. The minimum atomic E-state index is -0.681. The lowest BCUT2D eigenvalue weighted by molar-refractivity contribution is -0.122. The fraction of sp³-hybridized carbons (Fsp3) is 0.741. The van der Waals surface area contributed by atoms with Gasteiger partial charge in [-0.25, -0.2) is 0 Å². The van der Waals surface area contributed by atoms with E-state index in [2.05, 4.69) is 32.6 Å². The molecular weight excluding hydrogens is 372 g/mol. The number of aliphatic hydroxyl groups is 2. The van der Waals surface area contributed by atoms with Gasteiger partial charge in [0.1, 0.15) is 5.78 Å². The van der Waals surface area contributed by atoms with Gasteiger partial charge in [0.15, 0.2) is 0 Å². The molecule has 1 unspecified atom stereocenters. The Kier molecular flexibility index (Phi) is 7.45. The quantitative estimate of drug-likeness (QED) is 0.580. The standard InChI is InChI=1S/C27H42O3/c1-17(2)24(28)13-8-18(3)22-11-12-23-20(7-6-14-27(22,23)5)9-10-21-16-26(30)25(29)15-19(21)4/h9-10,17-18,22-23,25-26,29-30H,4,6-8,11-16H2,1-3,5H3/b20-9?,21-10-/t18-,22-,23?,25+,26-,27-/m1/s1. The second-order valence-corrected chi connectivity index (χ2v) is 10.8. The monoisotopic (exact) mass is 414 g/mol. The van der Waals surface area contributed by atoms with E-state index < -0.39 is 12.2 Å². The minimum Gasteiger partial charge on any atom is -0.390 e. The van der Waals surface area contributed by atoms with Gasteiger partial charge in [0.2, 0.25) is 0 Å². The van der Waals surface area contributed by atoms with Gasteiger partial charge < -0.3 is 10.2 Å². The van der Waals surface area contributed by atoms with Crippen molar-refractivity contribution < 1.29 is 15.0 Å². The van der Waals surface area contributed by atoms with Gasteiger partial charge in [-0.05, 0) is 72.8 Å². The number of aliphatic hydroxyl groups excluding tert-OH is 2. The molecule has 0 aromatic rings. The summed E-state index contributed by atoms with van der Waals surface area (Å²) in [4.78, 5) is 12.1. The predicted octanol–water partition coefficient (Wildman–Crippen LogP) is 5.77. The maximum absolute atomic E-state index is 12.1. The lowest BCUT2D eigenvalue weighted by Crippen LogP contribution is -2.36. The van der Waals surface area contributed by atoms with Crippen molar-refractivity contribution in [3.8, 4) is 0 Å². The van der Waals surface area contributed by atoms with Gasteiger partial charge in [0.05, 0.1) is 12.2 Å². The second kappa shape index (κ2) is 9.53. The van der Waals surface area contributed by atoms with Crippen LogP contribution in [0.1, 0.15) is 85.5 Å². The van der Waals surface area contributed by atoms with Crippen LogP contribution in [0.25, 0.3) is 0 Å². The molecule has 3 aliphatic carbocycles. The molecule has 0 bridgehead atoms. The Morgan fingerprint density at radius 1 is 1.17 bits per heavy atom. The van der Waals surface area contributed by atoms with E-state index in [1.807, 2.05) is 13.8 Å². The van der Waals surface area contributed by atoms with Crippen LogP contribution in [0.2, 0.25) is 0 Å². The molecule has 0 amide bonds. The SMILES string of the molecule is C=C1C[C@H](O)[C@H](O)C/C1=C/C=C1CCC[C@@]2(C)C1CC[C@@H]2[C@H](C)CCC(=O)C(C)C. The fourth-order valence-corrected chi connectivity index (χ4v) is 6.49. The predicted molar refractivity (Wildman–Crippen MR) is 123 cm³/mol. The van der Waals surface area contributed by atoms with Gasteiger partial charge in [-0.3, -0.25) is 4.79 Å². The average molecular weight is 415 g/mol. The van der Waals surface area contributed by atoms with E-state index in [0.717, 1.165) is 30.4 Å². The molecule has 0 radical (unpaired) electrons. The van der Waals surface area contributed by atoms with E-state index in [4.69, 9.17) is 0 Å². The summed E-state index contributed by atoms with van der Waals surface area (Å²) >= 11 is 0. The highest BCUT2D eigenvalue weighted by Gasteiger charge is 2.50. The van der Waals surface area contributed by atoms with Crippen molar-refractivity contribution in [3.63, 3.8) is 0 Å². The molecule has 3 aliphatic rings. The molecule has 0 aliphatic heterocycles. The zero-order valence-electron chi connectivity index (χ0n) is 19.5. The highest BCUT2D eigenvalue weighted by Crippen LogP contribution is 2.59. The van der Waals surface area contributed by atoms with Gasteiger partial charge >= 0.3 is 0 Å². The summed E-state index contributed by atoms with van der Waals surface area (Å²) in [6, 6.07) is 0. The molecule has 0 aromatic heterocycles. The number of allylic oxidation sites excluding steroid dienone is 3. The Labute approximate surface area is 183 Å². The highest BCUT2D eigenvalue weighted by molar-refractivity contribution is 5.80. The summed E-state index contributed by atoms with van der Waals surface area (Å²) in [5.74, 6) is 2.47. The number of carbonyl (C=O) groups is 1. The van der Waals surface area contributed by atoms with Crippen LogP contribution in [-0.2, 0) is 4.79 Å². The van der Waals surface area contributed by atoms with E-state index in [1.165, 1.54) is 25.7 Å². The van der Waals surface area contributed by atoms with Crippen LogP contribution < -0.4 is 0 Å². The van der Waals surface area contributed by atoms with Crippen LogP contribution in [0.15, 0.2) is 35.5 Å². The summed E-state index contributed by atoms with van der Waals surface area (Å²) < 4.78 is 0. The van der Waals surface area contributed by atoms with Gasteiger partial charge in [-0.1, -0.05) is 52.0 Å². The lowest BCUT2D eigenvalue weighted by atomic mass is 9.60. The zero-order valence-corrected chi connectivity index (χ0v) is 19.5. The Balaban J connectivity index is 1.71. The van der Waals surface area contributed by atoms with Crippen LogP contribution in [0.3, 0.4) is 0 Å². The van der Waals surface area contributed by atoms with E-state index in [1.54, 1.807) is 5.57 Å². The smallest absolute Gasteiger partial charge is 0.135 e. The highest BCUT2D eigenvalue weighted by atomic mass is 16.3. The summed E-state index contributed by atoms with van der Waals surface area (Å²) in [5, 5.41) is 19.9. The molecule has 0 heterocycles. The summed E-state index contributed by atoms with van der Waals surface area (Å²) in [7, 11) is 0. The molecule has 3 rings (SSSR count). The topological polar surface area (TPSA) is 57.5 Å². The van der Waals surface area contributed by atoms with E-state index in [-0.39, 0.29) is 5.92 Å². The van der Waals surface area contributed by atoms with Gasteiger partial charge in [0.25, 0.3) is 0 Å². The van der Waals surface area contributed by atoms with Crippen molar-refractivity contribution in [2.24, 2.45) is 29.1 Å². The number of hydrogen-bond donors (Lipinski definition) is 2. The lowest BCUT2D eigenvalue weighted by Gasteiger charge is -2.44. The Hall–Kier alpha value is -1.19. The third-order valence-electron chi connectivity index (χ3n) is 8.50. The van der Waals surface area contributed by atoms with Gasteiger partial charge in [0, 0.05) is 25.2 Å². The summed E-state index contributed by atoms with van der Waals surface area (Å²) in [5.41, 5.74) is 3.93. The molecule has 3 nitrogen and oxygen atoms in total. The third kappa shape index (κ3) is 4.83. The normalized spacial score (nSPS) is 38.3. The molecule has 30 heavy (non-hydrogen) atoms. The number of carbonyl (C=O) groups excluding carboxylic acids is 1. The van der Waals surface area contributed by atoms with Crippen LogP contribution in [0, 0.1) is 29.1 Å². The first kappa shape index (κ1) is 23.5.